The average molecular weight is 300 g/mol. The van der Waals surface area contributed by atoms with Crippen molar-refractivity contribution in [2.75, 3.05) is 0 Å². The highest BCUT2D eigenvalue weighted by Crippen LogP contribution is 2.58. The molecule has 0 bridgehead atoms. The van der Waals surface area contributed by atoms with Crippen LogP contribution in [0.2, 0.25) is 0 Å². The molecule has 4 aliphatic carbocycles. The van der Waals surface area contributed by atoms with Gasteiger partial charge in [-0.05, 0) is 68.8 Å². The number of allylic oxidation sites excluding steroid dienone is 3. The molecule has 1 fully saturated rings. The Bertz CT molecular complexity index is 585. The van der Waals surface area contributed by atoms with Crippen molar-refractivity contribution < 1.29 is 10.2 Å². The fraction of sp³-hybridized carbons (Fsp3) is 0.700. The summed E-state index contributed by atoms with van der Waals surface area (Å²) in [5.41, 5.74) is 3.37. The average Bonchev–Trinajstić information content (AvgIpc) is 2.77. The van der Waals surface area contributed by atoms with Crippen LogP contribution in [0.25, 0.3) is 0 Å². The van der Waals surface area contributed by atoms with Crippen molar-refractivity contribution in [3.05, 3.63) is 34.9 Å². The number of aliphatic hydroxyl groups is 2. The van der Waals surface area contributed by atoms with Crippen LogP contribution < -0.4 is 0 Å². The summed E-state index contributed by atoms with van der Waals surface area (Å²) < 4.78 is 0. The van der Waals surface area contributed by atoms with E-state index >= 15 is 0 Å². The van der Waals surface area contributed by atoms with Crippen LogP contribution in [0.5, 0.6) is 0 Å². The summed E-state index contributed by atoms with van der Waals surface area (Å²) in [6.07, 6.45) is 13.5. The number of rotatable bonds is 0. The van der Waals surface area contributed by atoms with Gasteiger partial charge in [0.15, 0.2) is 0 Å². The van der Waals surface area contributed by atoms with Crippen LogP contribution in [0.15, 0.2) is 34.9 Å². The van der Waals surface area contributed by atoms with E-state index in [1.165, 1.54) is 16.7 Å². The van der Waals surface area contributed by atoms with E-state index in [1.54, 1.807) is 0 Å². The lowest BCUT2D eigenvalue weighted by Crippen LogP contribution is -2.48. The van der Waals surface area contributed by atoms with Gasteiger partial charge >= 0.3 is 0 Å². The van der Waals surface area contributed by atoms with Gasteiger partial charge in [-0.3, -0.25) is 0 Å². The predicted octanol–water partition coefficient (Wildman–Crippen LogP) is 3.90. The molecule has 4 unspecified atom stereocenters. The second-order valence-corrected chi connectivity index (χ2v) is 8.38. The third-order valence-corrected chi connectivity index (χ3v) is 6.86. The van der Waals surface area contributed by atoms with Crippen LogP contribution in [0.1, 0.15) is 58.8 Å². The van der Waals surface area contributed by atoms with Crippen molar-refractivity contribution in [2.24, 2.45) is 17.3 Å². The minimum Gasteiger partial charge on any atom is -0.393 e. The van der Waals surface area contributed by atoms with Crippen LogP contribution in [-0.4, -0.2) is 21.9 Å². The third kappa shape index (κ3) is 2.00. The Hall–Kier alpha value is -0.860. The van der Waals surface area contributed by atoms with E-state index in [2.05, 4.69) is 32.1 Å². The highest BCUT2D eigenvalue weighted by molar-refractivity contribution is 5.45. The number of fused-ring (bicyclic) bond motifs is 4. The topological polar surface area (TPSA) is 40.5 Å². The van der Waals surface area contributed by atoms with Gasteiger partial charge in [-0.25, -0.2) is 0 Å². The molecule has 4 aliphatic rings. The summed E-state index contributed by atoms with van der Waals surface area (Å²) in [6, 6.07) is 0. The van der Waals surface area contributed by atoms with E-state index in [0.717, 1.165) is 44.9 Å². The minimum absolute atomic E-state index is 0.121. The normalized spacial score (nSPS) is 47.5. The van der Waals surface area contributed by atoms with E-state index in [1.807, 2.05) is 0 Å². The first-order chi connectivity index (χ1) is 10.4. The lowest BCUT2D eigenvalue weighted by molar-refractivity contribution is -0.0377. The predicted molar refractivity (Wildman–Crippen MR) is 88.3 cm³/mol. The third-order valence-electron chi connectivity index (χ3n) is 6.86. The highest BCUT2D eigenvalue weighted by Gasteiger charge is 2.54. The number of aliphatic hydroxyl groups excluding tert-OH is 1. The summed E-state index contributed by atoms with van der Waals surface area (Å²) in [5, 5.41) is 21.7. The summed E-state index contributed by atoms with van der Waals surface area (Å²) in [4.78, 5) is 0. The van der Waals surface area contributed by atoms with Crippen LogP contribution in [0, 0.1) is 17.3 Å². The molecule has 0 amide bonds. The van der Waals surface area contributed by atoms with Crippen molar-refractivity contribution in [3.8, 4) is 0 Å². The monoisotopic (exact) mass is 300 g/mol. The maximum Gasteiger partial charge on any atom is 0.0935 e. The lowest BCUT2D eigenvalue weighted by Gasteiger charge is -2.48. The van der Waals surface area contributed by atoms with Crippen LogP contribution in [-0.2, 0) is 0 Å². The summed E-state index contributed by atoms with van der Waals surface area (Å²) in [7, 11) is 0. The van der Waals surface area contributed by atoms with Crippen LogP contribution >= 0.6 is 0 Å². The molecule has 1 saturated carbocycles. The van der Waals surface area contributed by atoms with E-state index in [0.29, 0.717) is 11.8 Å². The molecule has 0 aromatic heterocycles. The Morgan fingerprint density at radius 2 is 2.05 bits per heavy atom. The van der Waals surface area contributed by atoms with E-state index in [9.17, 15) is 10.2 Å². The highest BCUT2D eigenvalue weighted by atomic mass is 16.3. The molecule has 0 aromatic carbocycles. The molecule has 0 saturated heterocycles. The molecule has 2 nitrogen and oxygen atoms in total. The molecule has 0 aliphatic heterocycles. The lowest BCUT2D eigenvalue weighted by atomic mass is 9.59. The molecule has 0 spiro atoms. The first-order valence-corrected chi connectivity index (χ1v) is 8.91. The Morgan fingerprint density at radius 3 is 2.86 bits per heavy atom. The SMILES string of the molecule is CC1=C2C=C3CC(O)CCC3CC[C@]2(O)C2CC=CC2(C)C1. The largest absolute Gasteiger partial charge is 0.393 e. The molecule has 0 heterocycles. The fourth-order valence-electron chi connectivity index (χ4n) is 5.77. The van der Waals surface area contributed by atoms with Crippen molar-refractivity contribution in [1.29, 1.82) is 0 Å². The first kappa shape index (κ1) is 14.7. The Kier molecular flexibility index (Phi) is 3.22. The van der Waals surface area contributed by atoms with Crippen molar-refractivity contribution in [1.82, 2.24) is 0 Å². The molecule has 120 valence electrons. The molecule has 0 aromatic rings. The summed E-state index contributed by atoms with van der Waals surface area (Å²) in [5.74, 6) is 0.888. The van der Waals surface area contributed by atoms with Gasteiger partial charge < -0.3 is 10.2 Å². The van der Waals surface area contributed by atoms with Gasteiger partial charge in [-0.15, -0.1) is 0 Å². The Balaban J connectivity index is 1.80. The van der Waals surface area contributed by atoms with Gasteiger partial charge in [0.25, 0.3) is 0 Å². The van der Waals surface area contributed by atoms with E-state index < -0.39 is 5.60 Å². The maximum atomic E-state index is 11.7. The molecule has 2 N–H and O–H groups in total. The Labute approximate surface area is 133 Å². The molecule has 5 atom stereocenters. The van der Waals surface area contributed by atoms with Gasteiger partial charge in [-0.1, -0.05) is 36.3 Å². The fourth-order valence-corrected chi connectivity index (χ4v) is 5.77. The summed E-state index contributed by atoms with van der Waals surface area (Å²) in [6.45, 7) is 4.51. The molecule has 2 heteroatoms. The molecule has 4 rings (SSSR count). The second-order valence-electron chi connectivity index (χ2n) is 8.38. The Morgan fingerprint density at radius 1 is 1.23 bits per heavy atom. The second kappa shape index (κ2) is 4.82. The van der Waals surface area contributed by atoms with Gasteiger partial charge in [0.05, 0.1) is 11.7 Å². The molecular formula is C20H28O2. The smallest absolute Gasteiger partial charge is 0.0935 e. The van der Waals surface area contributed by atoms with Crippen molar-refractivity contribution in [2.45, 2.75) is 70.5 Å². The van der Waals surface area contributed by atoms with Gasteiger partial charge in [-0.2, -0.15) is 0 Å². The van der Waals surface area contributed by atoms with E-state index in [-0.39, 0.29) is 11.5 Å². The van der Waals surface area contributed by atoms with Crippen LogP contribution in [0.3, 0.4) is 0 Å². The van der Waals surface area contributed by atoms with Gasteiger partial charge in [0.1, 0.15) is 0 Å². The van der Waals surface area contributed by atoms with Crippen LogP contribution in [0.4, 0.5) is 0 Å². The standard InChI is InChI=1S/C20H28O2/c1-13-12-19(2)8-3-4-18(19)20(22)9-7-14-5-6-16(21)10-15(14)11-17(13)20/h3,8,11,14,16,18,21-22H,4-7,9-10,12H2,1-2H3/t14?,16?,18?,19?,20-/m1/s1. The quantitative estimate of drug-likeness (QED) is 0.666. The maximum absolute atomic E-state index is 11.7. The molecule has 22 heavy (non-hydrogen) atoms. The van der Waals surface area contributed by atoms with Gasteiger partial charge in [0, 0.05) is 5.92 Å². The van der Waals surface area contributed by atoms with E-state index in [4.69, 9.17) is 0 Å². The van der Waals surface area contributed by atoms with Crippen molar-refractivity contribution in [3.63, 3.8) is 0 Å². The van der Waals surface area contributed by atoms with Gasteiger partial charge in [0.2, 0.25) is 0 Å². The molecular weight excluding hydrogens is 272 g/mol. The zero-order valence-electron chi connectivity index (χ0n) is 13.8. The first-order valence-electron chi connectivity index (χ1n) is 8.91. The minimum atomic E-state index is -0.671. The zero-order valence-corrected chi connectivity index (χ0v) is 13.8. The van der Waals surface area contributed by atoms with Crippen molar-refractivity contribution >= 4 is 0 Å². The number of hydrogen-bond acceptors (Lipinski definition) is 2. The summed E-state index contributed by atoms with van der Waals surface area (Å²) >= 11 is 0. The molecule has 0 radical (unpaired) electrons. The number of hydrogen-bond donors (Lipinski definition) is 2. The zero-order chi connectivity index (χ0) is 15.5.